The van der Waals surface area contributed by atoms with E-state index in [9.17, 15) is 19.5 Å². The highest BCUT2D eigenvalue weighted by Gasteiger charge is 2.28. The standard InChI is InChI=1S/C27H26F2N6O5/c1-15-14-40-10-9-34(15)17-11-19(28)22(20(29)12-17)25(36)32-21(27(38)39)13-16-3-4-18(24-31-6-8-35(16)24)23-26(37)33(2)7-5-30-23/h3-8,11-12,15,21H,9-10,13-14H2,1-2H3,(H,32,36)(H,38,39)/t15-,21-/m0/s1. The van der Waals surface area contributed by atoms with E-state index in [0.717, 1.165) is 12.1 Å². The fourth-order valence-corrected chi connectivity index (χ4v) is 4.80. The van der Waals surface area contributed by atoms with Crippen LogP contribution >= 0.6 is 0 Å². The highest BCUT2D eigenvalue weighted by atomic mass is 19.1. The molecule has 208 valence electrons. The molecule has 40 heavy (non-hydrogen) atoms. The summed E-state index contributed by atoms with van der Waals surface area (Å²) in [6.07, 6.45) is 5.82. The number of ether oxygens (including phenoxy) is 1. The van der Waals surface area contributed by atoms with Crippen LogP contribution in [0.5, 0.6) is 0 Å². The van der Waals surface area contributed by atoms with Crippen LogP contribution in [0.4, 0.5) is 14.5 Å². The highest BCUT2D eigenvalue weighted by Crippen LogP contribution is 2.26. The molecule has 1 aliphatic rings. The molecule has 0 radical (unpaired) electrons. The maximum Gasteiger partial charge on any atom is 0.326 e. The van der Waals surface area contributed by atoms with Crippen molar-refractivity contribution in [2.24, 2.45) is 7.05 Å². The number of hydrogen-bond donors (Lipinski definition) is 2. The Hall–Kier alpha value is -4.65. The quantitative estimate of drug-likeness (QED) is 0.356. The van der Waals surface area contributed by atoms with E-state index in [4.69, 9.17) is 4.74 Å². The summed E-state index contributed by atoms with van der Waals surface area (Å²) in [7, 11) is 1.59. The van der Waals surface area contributed by atoms with Crippen molar-refractivity contribution in [1.29, 1.82) is 0 Å². The van der Waals surface area contributed by atoms with Crippen molar-refractivity contribution in [3.8, 4) is 11.3 Å². The van der Waals surface area contributed by atoms with E-state index >= 15 is 8.78 Å². The number of fused-ring (bicyclic) bond motifs is 1. The Kier molecular flexibility index (Phi) is 7.30. The van der Waals surface area contributed by atoms with Crippen molar-refractivity contribution in [1.82, 2.24) is 24.3 Å². The Labute approximate surface area is 226 Å². The molecule has 1 aliphatic heterocycles. The molecule has 13 heteroatoms. The first kappa shape index (κ1) is 26.9. The average Bonchev–Trinajstić information content (AvgIpc) is 3.40. The van der Waals surface area contributed by atoms with Crippen LogP contribution in [-0.2, 0) is 23.0 Å². The molecule has 1 saturated heterocycles. The summed E-state index contributed by atoms with van der Waals surface area (Å²) in [6, 6.07) is 3.66. The van der Waals surface area contributed by atoms with E-state index in [-0.39, 0.29) is 29.4 Å². The molecule has 0 aliphatic carbocycles. The normalized spacial score (nSPS) is 16.2. The van der Waals surface area contributed by atoms with E-state index < -0.39 is 35.1 Å². The zero-order valence-corrected chi connectivity index (χ0v) is 21.7. The third-order valence-electron chi connectivity index (χ3n) is 6.88. The lowest BCUT2D eigenvalue weighted by atomic mass is 10.1. The van der Waals surface area contributed by atoms with Gasteiger partial charge in [0.05, 0.1) is 13.2 Å². The molecule has 4 heterocycles. The van der Waals surface area contributed by atoms with Crippen LogP contribution in [0.2, 0.25) is 0 Å². The largest absolute Gasteiger partial charge is 0.480 e. The van der Waals surface area contributed by atoms with Crippen LogP contribution in [0.25, 0.3) is 16.9 Å². The first-order valence-electron chi connectivity index (χ1n) is 12.5. The number of aliphatic carboxylic acids is 1. The summed E-state index contributed by atoms with van der Waals surface area (Å²) in [6.45, 7) is 3.09. The Morgan fingerprint density at radius 2 is 1.90 bits per heavy atom. The zero-order valence-electron chi connectivity index (χ0n) is 21.7. The monoisotopic (exact) mass is 552 g/mol. The molecule has 1 fully saturated rings. The van der Waals surface area contributed by atoms with Gasteiger partial charge < -0.3 is 29.0 Å². The Bertz CT molecular complexity index is 1650. The lowest BCUT2D eigenvalue weighted by Crippen LogP contribution is -2.44. The Morgan fingerprint density at radius 1 is 1.18 bits per heavy atom. The van der Waals surface area contributed by atoms with Gasteiger partial charge in [-0.1, -0.05) is 0 Å². The average molecular weight is 553 g/mol. The number of rotatable bonds is 7. The number of pyridine rings is 1. The number of amides is 1. The molecule has 2 N–H and O–H groups in total. The summed E-state index contributed by atoms with van der Waals surface area (Å²) >= 11 is 0. The van der Waals surface area contributed by atoms with Crippen molar-refractivity contribution in [3.63, 3.8) is 0 Å². The number of nitrogens with one attached hydrogen (secondary N) is 1. The molecule has 1 amide bonds. The fourth-order valence-electron chi connectivity index (χ4n) is 4.80. The van der Waals surface area contributed by atoms with Crippen molar-refractivity contribution >= 4 is 23.2 Å². The summed E-state index contributed by atoms with van der Waals surface area (Å²) in [5, 5.41) is 12.1. The van der Waals surface area contributed by atoms with Crippen molar-refractivity contribution in [2.75, 3.05) is 24.7 Å². The van der Waals surface area contributed by atoms with E-state index in [1.807, 2.05) is 6.92 Å². The minimum absolute atomic E-state index is 0.115. The van der Waals surface area contributed by atoms with Gasteiger partial charge in [-0.3, -0.25) is 9.59 Å². The minimum atomic E-state index is -1.52. The molecule has 1 aromatic carbocycles. The first-order valence-corrected chi connectivity index (χ1v) is 12.5. The Balaban J connectivity index is 1.41. The smallest absolute Gasteiger partial charge is 0.326 e. The number of morpholine rings is 1. The van der Waals surface area contributed by atoms with Gasteiger partial charge in [-0.2, -0.15) is 0 Å². The number of anilines is 1. The van der Waals surface area contributed by atoms with Crippen LogP contribution in [0, 0.1) is 11.6 Å². The highest BCUT2D eigenvalue weighted by molar-refractivity contribution is 5.97. The number of carbonyl (C=O) groups excluding carboxylic acids is 1. The molecule has 0 bridgehead atoms. The van der Waals surface area contributed by atoms with Gasteiger partial charge in [0.1, 0.15) is 34.6 Å². The second-order valence-corrected chi connectivity index (χ2v) is 9.52. The topological polar surface area (TPSA) is 131 Å². The molecule has 4 aromatic rings. The van der Waals surface area contributed by atoms with Crippen LogP contribution in [0.1, 0.15) is 23.0 Å². The molecule has 0 saturated carbocycles. The summed E-state index contributed by atoms with van der Waals surface area (Å²) in [5.74, 6) is -4.80. The number of imidazole rings is 1. The number of nitrogens with zero attached hydrogens (tertiary/aromatic N) is 5. The summed E-state index contributed by atoms with van der Waals surface area (Å²) in [4.78, 5) is 47.8. The maximum absolute atomic E-state index is 15.0. The summed E-state index contributed by atoms with van der Waals surface area (Å²) < 4.78 is 38.3. The van der Waals surface area contributed by atoms with Crippen molar-refractivity contribution in [2.45, 2.75) is 25.4 Å². The molecule has 0 spiro atoms. The number of aryl methyl sites for hydroxylation is 1. The van der Waals surface area contributed by atoms with Crippen LogP contribution in [-0.4, -0.2) is 67.8 Å². The number of halogens is 2. The molecule has 3 aromatic heterocycles. The second kappa shape index (κ2) is 10.8. The van der Waals surface area contributed by atoms with Gasteiger partial charge in [0.2, 0.25) is 0 Å². The minimum Gasteiger partial charge on any atom is -0.480 e. The first-order chi connectivity index (χ1) is 19.2. The van der Waals surface area contributed by atoms with Gasteiger partial charge >= 0.3 is 5.97 Å². The number of carbonyl (C=O) groups is 2. The van der Waals surface area contributed by atoms with Gasteiger partial charge in [0, 0.05) is 67.8 Å². The van der Waals surface area contributed by atoms with Crippen molar-refractivity contribution < 1.29 is 28.2 Å². The van der Waals surface area contributed by atoms with Gasteiger partial charge in [-0.25, -0.2) is 23.5 Å². The summed E-state index contributed by atoms with van der Waals surface area (Å²) in [5.41, 5.74) is 0.436. The predicted molar refractivity (Wildman–Crippen MR) is 140 cm³/mol. The van der Waals surface area contributed by atoms with E-state index in [0.29, 0.717) is 36.7 Å². The number of carboxylic acids is 1. The third kappa shape index (κ3) is 5.02. The lowest BCUT2D eigenvalue weighted by Gasteiger charge is -2.35. The zero-order chi connectivity index (χ0) is 28.6. The van der Waals surface area contributed by atoms with Gasteiger partial charge in [-0.05, 0) is 31.2 Å². The molecular weight excluding hydrogens is 526 g/mol. The molecule has 2 atom stereocenters. The fraction of sp³-hybridized carbons (Fsp3) is 0.296. The second-order valence-electron chi connectivity index (χ2n) is 9.52. The maximum atomic E-state index is 15.0. The van der Waals surface area contributed by atoms with Gasteiger partial charge in [-0.15, -0.1) is 0 Å². The molecule has 5 rings (SSSR count). The van der Waals surface area contributed by atoms with E-state index in [2.05, 4.69) is 15.3 Å². The van der Waals surface area contributed by atoms with E-state index in [1.54, 1.807) is 34.7 Å². The van der Waals surface area contributed by atoms with Gasteiger partial charge in [0.25, 0.3) is 11.5 Å². The van der Waals surface area contributed by atoms with Crippen LogP contribution in [0.3, 0.4) is 0 Å². The van der Waals surface area contributed by atoms with Crippen molar-refractivity contribution in [3.05, 3.63) is 82.3 Å². The number of hydrogen-bond acceptors (Lipinski definition) is 7. The SMILES string of the molecule is C[C@H]1COCCN1c1cc(F)c(C(=O)N[C@@H](Cc2ccc(-c3nccn(C)c3=O)c3nccn23)C(=O)O)c(F)c1. The third-order valence-corrected chi connectivity index (χ3v) is 6.88. The number of carboxylic acid groups (broad SMARTS) is 1. The lowest BCUT2D eigenvalue weighted by molar-refractivity contribution is -0.139. The molecular formula is C27H26F2N6O5. The Morgan fingerprint density at radius 3 is 2.60 bits per heavy atom. The van der Waals surface area contributed by atoms with Crippen LogP contribution < -0.4 is 15.8 Å². The molecule has 0 unspecified atom stereocenters. The van der Waals surface area contributed by atoms with Crippen LogP contribution in [0.15, 0.2) is 53.8 Å². The molecule has 11 nitrogen and oxygen atoms in total. The van der Waals surface area contributed by atoms with E-state index in [1.165, 1.54) is 23.2 Å². The number of benzene rings is 1. The number of aromatic nitrogens is 4. The van der Waals surface area contributed by atoms with Gasteiger partial charge in [0.15, 0.2) is 0 Å². The predicted octanol–water partition coefficient (Wildman–Crippen LogP) is 2.02.